The molecule has 2 atom stereocenters. The van der Waals surface area contributed by atoms with Crippen molar-refractivity contribution in [2.24, 2.45) is 5.92 Å². The zero-order valence-corrected chi connectivity index (χ0v) is 11.3. The van der Waals surface area contributed by atoms with Crippen LogP contribution in [0.15, 0.2) is 12.2 Å². The minimum atomic E-state index is 0.786. The minimum absolute atomic E-state index is 0.786. The number of rotatable bonds is 2. The van der Waals surface area contributed by atoms with Crippen molar-refractivity contribution in [2.75, 3.05) is 19.6 Å². The Kier molecular flexibility index (Phi) is 3.27. The van der Waals surface area contributed by atoms with Crippen molar-refractivity contribution in [3.8, 4) is 0 Å². The van der Waals surface area contributed by atoms with Crippen LogP contribution in [0, 0.1) is 5.92 Å². The van der Waals surface area contributed by atoms with Crippen LogP contribution in [0.5, 0.6) is 0 Å². The maximum Gasteiger partial charge on any atom is 0.0250 e. The summed E-state index contributed by atoms with van der Waals surface area (Å²) in [5.41, 5.74) is 0. The van der Waals surface area contributed by atoms with Crippen LogP contribution in [-0.4, -0.2) is 47.6 Å². The Bertz CT molecular complexity index is 289. The molecule has 0 radical (unpaired) electrons. The summed E-state index contributed by atoms with van der Waals surface area (Å²) in [5, 5.41) is 0. The van der Waals surface area contributed by atoms with Crippen LogP contribution in [-0.2, 0) is 0 Å². The number of piperazine rings is 1. The van der Waals surface area contributed by atoms with Gasteiger partial charge in [-0.15, -0.1) is 0 Å². The number of fused-ring (bicyclic) bond motifs is 1. The van der Waals surface area contributed by atoms with Crippen molar-refractivity contribution in [1.82, 2.24) is 9.80 Å². The smallest absolute Gasteiger partial charge is 0.0250 e. The number of hydrogen-bond acceptors (Lipinski definition) is 2. The van der Waals surface area contributed by atoms with E-state index in [9.17, 15) is 0 Å². The van der Waals surface area contributed by atoms with Crippen LogP contribution in [0.25, 0.3) is 0 Å². The average molecular weight is 234 g/mol. The first kappa shape index (κ1) is 11.7. The molecule has 17 heavy (non-hydrogen) atoms. The monoisotopic (exact) mass is 234 g/mol. The Hall–Kier alpha value is -0.340. The van der Waals surface area contributed by atoms with Crippen LogP contribution in [0.3, 0.4) is 0 Å². The molecule has 0 aromatic carbocycles. The minimum Gasteiger partial charge on any atom is -0.298 e. The lowest BCUT2D eigenvalue weighted by Crippen LogP contribution is -2.60. The zero-order chi connectivity index (χ0) is 11.8. The van der Waals surface area contributed by atoms with Gasteiger partial charge in [0.2, 0.25) is 0 Å². The summed E-state index contributed by atoms with van der Waals surface area (Å²) in [6.07, 6.45) is 10.2. The van der Waals surface area contributed by atoms with E-state index in [2.05, 4.69) is 35.8 Å². The van der Waals surface area contributed by atoms with E-state index in [0.29, 0.717) is 0 Å². The van der Waals surface area contributed by atoms with Crippen LogP contribution in [0.1, 0.15) is 39.5 Å². The van der Waals surface area contributed by atoms with Crippen LogP contribution in [0.4, 0.5) is 0 Å². The molecule has 3 aliphatic rings. The van der Waals surface area contributed by atoms with E-state index >= 15 is 0 Å². The molecular formula is C15H26N2. The Morgan fingerprint density at radius 2 is 1.82 bits per heavy atom. The summed E-state index contributed by atoms with van der Waals surface area (Å²) in [6.45, 7) is 8.80. The summed E-state index contributed by atoms with van der Waals surface area (Å²) >= 11 is 0. The maximum absolute atomic E-state index is 2.84. The van der Waals surface area contributed by atoms with Crippen LogP contribution in [0.2, 0.25) is 0 Å². The number of nitrogens with zero attached hydrogens (tertiary/aromatic N) is 2. The fourth-order valence-electron chi connectivity index (χ4n) is 3.95. The molecule has 0 aromatic rings. The predicted octanol–water partition coefficient (Wildman–Crippen LogP) is 2.51. The Labute approximate surface area is 106 Å². The van der Waals surface area contributed by atoms with E-state index in [4.69, 9.17) is 0 Å². The molecule has 1 aliphatic carbocycles. The van der Waals surface area contributed by atoms with Gasteiger partial charge in [-0.05, 0) is 38.1 Å². The fourth-order valence-corrected chi connectivity index (χ4v) is 3.95. The van der Waals surface area contributed by atoms with Gasteiger partial charge in [0, 0.05) is 31.2 Å². The van der Waals surface area contributed by atoms with Gasteiger partial charge in [-0.1, -0.05) is 26.0 Å². The van der Waals surface area contributed by atoms with Gasteiger partial charge in [0.25, 0.3) is 0 Å². The van der Waals surface area contributed by atoms with Crippen molar-refractivity contribution in [3.63, 3.8) is 0 Å². The van der Waals surface area contributed by atoms with Crippen molar-refractivity contribution >= 4 is 0 Å². The number of hydrogen-bond donors (Lipinski definition) is 0. The third-order valence-electron chi connectivity index (χ3n) is 4.99. The molecule has 0 bridgehead atoms. The molecule has 2 aliphatic heterocycles. The van der Waals surface area contributed by atoms with E-state index in [-0.39, 0.29) is 0 Å². The Morgan fingerprint density at radius 1 is 1.06 bits per heavy atom. The average Bonchev–Trinajstić information content (AvgIpc) is 2.98. The van der Waals surface area contributed by atoms with E-state index in [0.717, 1.165) is 24.0 Å². The second-order valence-electron chi connectivity index (χ2n) is 6.40. The molecule has 2 heteroatoms. The van der Waals surface area contributed by atoms with E-state index in [1.807, 2.05) is 0 Å². The first-order valence-electron chi connectivity index (χ1n) is 7.40. The molecular weight excluding hydrogens is 208 g/mol. The predicted molar refractivity (Wildman–Crippen MR) is 72.1 cm³/mol. The molecule has 0 amide bonds. The van der Waals surface area contributed by atoms with E-state index in [1.54, 1.807) is 0 Å². The molecule has 2 fully saturated rings. The van der Waals surface area contributed by atoms with Crippen LogP contribution >= 0.6 is 0 Å². The normalized spacial score (nSPS) is 35.9. The lowest BCUT2D eigenvalue weighted by atomic mass is 9.95. The van der Waals surface area contributed by atoms with Gasteiger partial charge in [-0.25, -0.2) is 0 Å². The molecule has 2 nitrogen and oxygen atoms in total. The largest absolute Gasteiger partial charge is 0.298 e. The summed E-state index contributed by atoms with van der Waals surface area (Å²) < 4.78 is 0. The maximum atomic E-state index is 2.84. The molecule has 0 spiro atoms. The molecule has 2 heterocycles. The molecule has 0 aromatic heterocycles. The highest BCUT2D eigenvalue weighted by atomic mass is 15.3. The topological polar surface area (TPSA) is 6.48 Å². The van der Waals surface area contributed by atoms with Gasteiger partial charge >= 0.3 is 0 Å². The molecule has 2 saturated heterocycles. The van der Waals surface area contributed by atoms with Crippen molar-refractivity contribution in [1.29, 1.82) is 0 Å². The second kappa shape index (κ2) is 4.74. The molecule has 2 unspecified atom stereocenters. The van der Waals surface area contributed by atoms with Gasteiger partial charge in [-0.3, -0.25) is 9.80 Å². The highest BCUT2D eigenvalue weighted by Gasteiger charge is 2.39. The highest BCUT2D eigenvalue weighted by molar-refractivity contribution is 5.03. The van der Waals surface area contributed by atoms with Gasteiger partial charge in [0.1, 0.15) is 0 Å². The summed E-state index contributed by atoms with van der Waals surface area (Å²) in [5.74, 6) is 0.789. The van der Waals surface area contributed by atoms with E-state index in [1.165, 1.54) is 45.3 Å². The fraction of sp³-hybridized carbons (Fsp3) is 0.867. The van der Waals surface area contributed by atoms with Gasteiger partial charge in [0.15, 0.2) is 0 Å². The van der Waals surface area contributed by atoms with E-state index < -0.39 is 0 Å². The summed E-state index contributed by atoms with van der Waals surface area (Å²) in [6, 6.07) is 2.46. The van der Waals surface area contributed by atoms with Crippen molar-refractivity contribution in [3.05, 3.63) is 12.2 Å². The third kappa shape index (κ3) is 2.17. The van der Waals surface area contributed by atoms with Gasteiger partial charge in [0.05, 0.1) is 0 Å². The highest BCUT2D eigenvalue weighted by Crippen LogP contribution is 2.31. The molecule has 0 N–H and O–H groups in total. The first-order valence-corrected chi connectivity index (χ1v) is 7.40. The van der Waals surface area contributed by atoms with Crippen molar-refractivity contribution in [2.45, 2.75) is 57.7 Å². The van der Waals surface area contributed by atoms with Gasteiger partial charge in [-0.2, -0.15) is 0 Å². The standard InChI is InChI=1S/C15H26N2/c1-12(2)15-11-16-9-5-8-14(16)10-17(15)13-6-3-4-7-13/h3-4,12-15H,5-11H2,1-2H3. The summed E-state index contributed by atoms with van der Waals surface area (Å²) in [7, 11) is 0. The van der Waals surface area contributed by atoms with Crippen molar-refractivity contribution < 1.29 is 0 Å². The molecule has 0 saturated carbocycles. The Balaban J connectivity index is 1.74. The Morgan fingerprint density at radius 3 is 2.53 bits per heavy atom. The summed E-state index contributed by atoms with van der Waals surface area (Å²) in [4.78, 5) is 5.60. The zero-order valence-electron chi connectivity index (χ0n) is 11.3. The molecule has 96 valence electrons. The molecule has 3 rings (SSSR count). The lowest BCUT2D eigenvalue weighted by Gasteiger charge is -2.48. The van der Waals surface area contributed by atoms with Crippen LogP contribution < -0.4 is 0 Å². The SMILES string of the molecule is CC(C)C1CN2CCCC2CN1C1CC=CC1. The third-order valence-corrected chi connectivity index (χ3v) is 4.99. The first-order chi connectivity index (χ1) is 8.25. The van der Waals surface area contributed by atoms with Gasteiger partial charge < -0.3 is 0 Å². The lowest BCUT2D eigenvalue weighted by molar-refractivity contribution is 0.00329. The second-order valence-corrected chi connectivity index (χ2v) is 6.40. The quantitative estimate of drug-likeness (QED) is 0.677.